The van der Waals surface area contributed by atoms with Crippen molar-refractivity contribution in [2.24, 2.45) is 0 Å². The number of anilines is 2. The smallest absolute Gasteiger partial charge is 0.0549 e. The molecule has 0 spiro atoms. The molecule has 0 bridgehead atoms. The first-order chi connectivity index (χ1) is 8.88. The molecule has 0 aromatic carbocycles. The molecule has 2 N–H and O–H groups in total. The van der Waals surface area contributed by atoms with Crippen LogP contribution in [0.3, 0.4) is 0 Å². The lowest BCUT2D eigenvalue weighted by Crippen LogP contribution is -2.18. The summed E-state index contributed by atoms with van der Waals surface area (Å²) in [6.45, 7) is 3.18. The van der Waals surface area contributed by atoms with Gasteiger partial charge in [-0.15, -0.1) is 0 Å². The van der Waals surface area contributed by atoms with E-state index in [2.05, 4.69) is 28.6 Å². The van der Waals surface area contributed by atoms with E-state index in [-0.39, 0.29) is 0 Å². The van der Waals surface area contributed by atoms with E-state index in [9.17, 15) is 0 Å². The molecule has 1 heterocycles. The fraction of sp³-hybridized carbons (Fsp3) is 0.667. The SMILES string of the molecule is CCCNc1cncc(NC2CCCCCC2)c1. The third kappa shape index (κ3) is 4.21. The molecule has 100 valence electrons. The highest BCUT2D eigenvalue weighted by atomic mass is 14.9. The lowest BCUT2D eigenvalue weighted by Gasteiger charge is -2.18. The third-order valence-electron chi connectivity index (χ3n) is 3.54. The zero-order chi connectivity index (χ0) is 12.6. The molecule has 1 saturated carbocycles. The van der Waals surface area contributed by atoms with Gasteiger partial charge in [-0.2, -0.15) is 0 Å². The summed E-state index contributed by atoms with van der Waals surface area (Å²) < 4.78 is 0. The van der Waals surface area contributed by atoms with Crippen LogP contribution in [0, 0.1) is 0 Å². The standard InChI is InChI=1S/C15H25N3/c1-2-9-17-14-10-15(12-16-11-14)18-13-7-5-3-4-6-8-13/h10-13,17-18H,2-9H2,1H3. The van der Waals surface area contributed by atoms with Gasteiger partial charge in [0.2, 0.25) is 0 Å². The van der Waals surface area contributed by atoms with Crippen LogP contribution >= 0.6 is 0 Å². The molecule has 1 aliphatic carbocycles. The summed E-state index contributed by atoms with van der Waals surface area (Å²) in [6, 6.07) is 2.81. The van der Waals surface area contributed by atoms with Gasteiger partial charge in [-0.3, -0.25) is 4.98 Å². The highest BCUT2D eigenvalue weighted by Gasteiger charge is 2.11. The molecule has 0 amide bonds. The normalized spacial score (nSPS) is 17.2. The van der Waals surface area contributed by atoms with E-state index in [4.69, 9.17) is 0 Å². The summed E-state index contributed by atoms with van der Waals surface area (Å²) in [5.41, 5.74) is 2.28. The van der Waals surface area contributed by atoms with Crippen LogP contribution in [-0.2, 0) is 0 Å². The van der Waals surface area contributed by atoms with Gasteiger partial charge >= 0.3 is 0 Å². The van der Waals surface area contributed by atoms with Crippen molar-refractivity contribution in [3.8, 4) is 0 Å². The van der Waals surface area contributed by atoms with E-state index in [0.29, 0.717) is 6.04 Å². The van der Waals surface area contributed by atoms with Gasteiger partial charge in [0, 0.05) is 12.6 Å². The number of rotatable bonds is 5. The first-order valence-corrected chi connectivity index (χ1v) is 7.34. The number of aromatic nitrogens is 1. The molecule has 0 radical (unpaired) electrons. The minimum atomic E-state index is 0.635. The summed E-state index contributed by atoms with van der Waals surface area (Å²) >= 11 is 0. The minimum absolute atomic E-state index is 0.635. The number of hydrogen-bond acceptors (Lipinski definition) is 3. The van der Waals surface area contributed by atoms with Gasteiger partial charge in [-0.1, -0.05) is 32.6 Å². The van der Waals surface area contributed by atoms with Crippen molar-refractivity contribution in [1.82, 2.24) is 4.98 Å². The lowest BCUT2D eigenvalue weighted by molar-refractivity contribution is 0.620. The molecule has 1 aliphatic rings. The van der Waals surface area contributed by atoms with E-state index in [0.717, 1.165) is 24.3 Å². The maximum atomic E-state index is 4.30. The average Bonchev–Trinajstić information content (AvgIpc) is 2.65. The van der Waals surface area contributed by atoms with Gasteiger partial charge in [0.05, 0.1) is 23.8 Å². The fourth-order valence-electron chi connectivity index (χ4n) is 2.54. The predicted molar refractivity (Wildman–Crippen MR) is 78.1 cm³/mol. The van der Waals surface area contributed by atoms with Gasteiger partial charge in [-0.05, 0) is 25.3 Å². The van der Waals surface area contributed by atoms with Crippen LogP contribution in [0.1, 0.15) is 51.9 Å². The monoisotopic (exact) mass is 247 g/mol. The molecule has 3 nitrogen and oxygen atoms in total. The highest BCUT2D eigenvalue weighted by molar-refractivity contribution is 5.54. The first kappa shape index (κ1) is 13.2. The topological polar surface area (TPSA) is 37.0 Å². The average molecular weight is 247 g/mol. The Morgan fingerprint density at radius 3 is 2.56 bits per heavy atom. The molecule has 3 heteroatoms. The molecular weight excluding hydrogens is 222 g/mol. The molecule has 0 saturated heterocycles. The summed E-state index contributed by atoms with van der Waals surface area (Å²) in [4.78, 5) is 4.30. The fourth-order valence-corrected chi connectivity index (χ4v) is 2.54. The second-order valence-electron chi connectivity index (χ2n) is 5.22. The van der Waals surface area contributed by atoms with Gasteiger partial charge in [0.25, 0.3) is 0 Å². The Balaban J connectivity index is 1.91. The van der Waals surface area contributed by atoms with Crippen LogP contribution in [0.2, 0.25) is 0 Å². The zero-order valence-corrected chi connectivity index (χ0v) is 11.4. The Morgan fingerprint density at radius 1 is 1.11 bits per heavy atom. The van der Waals surface area contributed by atoms with Crippen molar-refractivity contribution < 1.29 is 0 Å². The highest BCUT2D eigenvalue weighted by Crippen LogP contribution is 2.22. The molecule has 0 unspecified atom stereocenters. The van der Waals surface area contributed by atoms with E-state index < -0.39 is 0 Å². The van der Waals surface area contributed by atoms with Gasteiger partial charge in [0.1, 0.15) is 0 Å². The van der Waals surface area contributed by atoms with Crippen molar-refractivity contribution >= 4 is 11.4 Å². The van der Waals surface area contributed by atoms with E-state index >= 15 is 0 Å². The number of pyridine rings is 1. The van der Waals surface area contributed by atoms with Crippen LogP contribution in [-0.4, -0.2) is 17.6 Å². The molecule has 1 aromatic rings. The van der Waals surface area contributed by atoms with Crippen LogP contribution < -0.4 is 10.6 Å². The summed E-state index contributed by atoms with van der Waals surface area (Å²) in [5.74, 6) is 0. The second kappa shape index (κ2) is 7.24. The summed E-state index contributed by atoms with van der Waals surface area (Å²) in [6.07, 6.45) is 13.1. The number of nitrogens with zero attached hydrogens (tertiary/aromatic N) is 1. The molecule has 1 fully saturated rings. The second-order valence-corrected chi connectivity index (χ2v) is 5.22. The Bertz CT molecular complexity index is 343. The zero-order valence-electron chi connectivity index (χ0n) is 11.4. The maximum Gasteiger partial charge on any atom is 0.0549 e. The van der Waals surface area contributed by atoms with Crippen LogP contribution in [0.5, 0.6) is 0 Å². The molecule has 0 aliphatic heterocycles. The van der Waals surface area contributed by atoms with Crippen LogP contribution in [0.15, 0.2) is 18.5 Å². The predicted octanol–water partition coefficient (Wildman–Crippen LogP) is 4.04. The van der Waals surface area contributed by atoms with Crippen LogP contribution in [0.25, 0.3) is 0 Å². The molecular formula is C15H25N3. The Hall–Kier alpha value is -1.25. The molecule has 0 atom stereocenters. The third-order valence-corrected chi connectivity index (χ3v) is 3.54. The van der Waals surface area contributed by atoms with Crippen LogP contribution in [0.4, 0.5) is 11.4 Å². The van der Waals surface area contributed by atoms with Crippen molar-refractivity contribution in [2.75, 3.05) is 17.2 Å². The largest absolute Gasteiger partial charge is 0.384 e. The summed E-state index contributed by atoms with van der Waals surface area (Å²) in [7, 11) is 0. The number of nitrogens with one attached hydrogen (secondary N) is 2. The van der Waals surface area contributed by atoms with Crippen molar-refractivity contribution in [2.45, 2.75) is 57.9 Å². The van der Waals surface area contributed by atoms with Gasteiger partial charge < -0.3 is 10.6 Å². The Kier molecular flexibility index (Phi) is 5.31. The lowest BCUT2D eigenvalue weighted by atomic mass is 10.1. The van der Waals surface area contributed by atoms with Crippen molar-refractivity contribution in [1.29, 1.82) is 0 Å². The Morgan fingerprint density at radius 2 is 1.83 bits per heavy atom. The van der Waals surface area contributed by atoms with E-state index in [1.807, 2.05) is 12.4 Å². The maximum absolute atomic E-state index is 4.30. The molecule has 18 heavy (non-hydrogen) atoms. The van der Waals surface area contributed by atoms with E-state index in [1.54, 1.807) is 0 Å². The van der Waals surface area contributed by atoms with E-state index in [1.165, 1.54) is 38.5 Å². The molecule has 1 aromatic heterocycles. The van der Waals surface area contributed by atoms with Gasteiger partial charge in [-0.25, -0.2) is 0 Å². The van der Waals surface area contributed by atoms with Crippen molar-refractivity contribution in [3.63, 3.8) is 0 Å². The van der Waals surface area contributed by atoms with Gasteiger partial charge in [0.15, 0.2) is 0 Å². The minimum Gasteiger partial charge on any atom is -0.384 e. The summed E-state index contributed by atoms with van der Waals surface area (Å²) in [5, 5.41) is 7.02. The number of hydrogen-bond donors (Lipinski definition) is 2. The van der Waals surface area contributed by atoms with Crippen molar-refractivity contribution in [3.05, 3.63) is 18.5 Å². The quantitative estimate of drug-likeness (QED) is 0.771. The Labute approximate surface area is 110 Å². The molecule has 2 rings (SSSR count). The first-order valence-electron chi connectivity index (χ1n) is 7.34.